The lowest BCUT2D eigenvalue weighted by molar-refractivity contribution is 0.0955. The normalized spacial score (nSPS) is 11.1. The first kappa shape index (κ1) is 15.7. The number of amides is 1. The number of nitrogens with one attached hydrogen (secondary N) is 1. The molecular formula is C21H18N2O. The summed E-state index contributed by atoms with van der Waals surface area (Å²) in [6.45, 7) is 0. The van der Waals surface area contributed by atoms with Gasteiger partial charge in [-0.25, -0.2) is 5.43 Å². The van der Waals surface area contributed by atoms with Crippen molar-refractivity contribution in [2.75, 3.05) is 0 Å². The molecule has 0 aliphatic heterocycles. The fourth-order valence-corrected chi connectivity index (χ4v) is 2.40. The van der Waals surface area contributed by atoms with Gasteiger partial charge in [-0.3, -0.25) is 4.79 Å². The van der Waals surface area contributed by atoms with Crippen LogP contribution >= 0.6 is 0 Å². The third-order valence-electron chi connectivity index (χ3n) is 3.65. The number of nitrogens with zero attached hydrogens (tertiary/aromatic N) is 1. The number of benzene rings is 3. The number of carbonyl (C=O) groups is 1. The maximum absolute atomic E-state index is 12.2. The Kier molecular flexibility index (Phi) is 5.15. The van der Waals surface area contributed by atoms with Crippen LogP contribution in [0.2, 0.25) is 0 Å². The van der Waals surface area contributed by atoms with Crippen LogP contribution in [0.4, 0.5) is 0 Å². The molecule has 3 nitrogen and oxygen atoms in total. The Hall–Kier alpha value is -3.20. The highest BCUT2D eigenvalue weighted by molar-refractivity contribution is 6.03. The highest BCUT2D eigenvalue weighted by Crippen LogP contribution is 2.08. The van der Waals surface area contributed by atoms with Crippen molar-refractivity contribution in [1.82, 2.24) is 5.43 Å². The van der Waals surface area contributed by atoms with Crippen molar-refractivity contribution in [1.29, 1.82) is 0 Å². The molecule has 0 unspecified atom stereocenters. The maximum Gasteiger partial charge on any atom is 0.271 e. The highest BCUT2D eigenvalue weighted by atomic mass is 16.2. The van der Waals surface area contributed by atoms with Crippen molar-refractivity contribution in [2.45, 2.75) is 6.42 Å². The van der Waals surface area contributed by atoms with E-state index < -0.39 is 0 Å². The van der Waals surface area contributed by atoms with Gasteiger partial charge in [-0.15, -0.1) is 0 Å². The molecule has 3 aromatic rings. The van der Waals surface area contributed by atoms with Crippen LogP contribution in [0.25, 0.3) is 0 Å². The van der Waals surface area contributed by atoms with E-state index >= 15 is 0 Å². The average Bonchev–Trinajstić information content (AvgIpc) is 2.67. The largest absolute Gasteiger partial charge is 0.271 e. The lowest BCUT2D eigenvalue weighted by atomic mass is 10.0. The van der Waals surface area contributed by atoms with Crippen molar-refractivity contribution in [2.24, 2.45) is 5.10 Å². The lowest BCUT2D eigenvalue weighted by Gasteiger charge is -2.08. The average molecular weight is 314 g/mol. The molecule has 0 spiro atoms. The first-order chi connectivity index (χ1) is 11.8. The number of hydrazone groups is 1. The molecule has 118 valence electrons. The smallest absolute Gasteiger partial charge is 0.267 e. The minimum absolute atomic E-state index is 0.211. The molecule has 0 aliphatic rings. The Bertz CT molecular complexity index is 812. The molecule has 3 heteroatoms. The quantitative estimate of drug-likeness (QED) is 0.560. The lowest BCUT2D eigenvalue weighted by Crippen LogP contribution is -2.21. The zero-order valence-corrected chi connectivity index (χ0v) is 13.2. The molecule has 1 amide bonds. The van der Waals surface area contributed by atoms with Crippen molar-refractivity contribution in [3.05, 3.63) is 108 Å². The summed E-state index contributed by atoms with van der Waals surface area (Å²) in [5.41, 5.74) is 6.23. The molecule has 0 atom stereocenters. The van der Waals surface area contributed by atoms with Crippen LogP contribution < -0.4 is 5.43 Å². The van der Waals surface area contributed by atoms with Crippen LogP contribution in [0.1, 0.15) is 21.5 Å². The van der Waals surface area contributed by atoms with Gasteiger partial charge in [-0.2, -0.15) is 5.10 Å². The molecule has 0 fully saturated rings. The van der Waals surface area contributed by atoms with Gasteiger partial charge in [-0.05, 0) is 23.3 Å². The number of hydrogen-bond donors (Lipinski definition) is 1. The third-order valence-corrected chi connectivity index (χ3v) is 3.65. The summed E-state index contributed by atoms with van der Waals surface area (Å²) in [7, 11) is 0. The summed E-state index contributed by atoms with van der Waals surface area (Å²) >= 11 is 0. The molecule has 3 rings (SSSR count). The monoisotopic (exact) mass is 314 g/mol. The van der Waals surface area contributed by atoms with Gasteiger partial charge in [0.15, 0.2) is 0 Å². The molecule has 0 aliphatic carbocycles. The van der Waals surface area contributed by atoms with Gasteiger partial charge in [0.2, 0.25) is 0 Å². The van der Waals surface area contributed by atoms with Gasteiger partial charge < -0.3 is 0 Å². The van der Waals surface area contributed by atoms with Crippen LogP contribution in [0, 0.1) is 0 Å². The molecule has 0 aromatic heterocycles. The van der Waals surface area contributed by atoms with E-state index in [1.54, 1.807) is 12.1 Å². The second-order valence-electron chi connectivity index (χ2n) is 5.39. The summed E-state index contributed by atoms with van der Waals surface area (Å²) in [4.78, 5) is 12.2. The van der Waals surface area contributed by atoms with E-state index in [9.17, 15) is 4.79 Å². The molecule has 1 N–H and O–H groups in total. The van der Waals surface area contributed by atoms with Gasteiger partial charge in [0.25, 0.3) is 5.91 Å². The Morgan fingerprint density at radius 3 is 1.79 bits per heavy atom. The predicted octanol–water partition coefficient (Wildman–Crippen LogP) is 4.06. The Morgan fingerprint density at radius 2 is 1.21 bits per heavy atom. The van der Waals surface area contributed by atoms with E-state index in [2.05, 4.69) is 22.7 Å². The first-order valence-electron chi connectivity index (χ1n) is 7.84. The second-order valence-corrected chi connectivity index (χ2v) is 5.39. The second kappa shape index (κ2) is 7.88. The van der Waals surface area contributed by atoms with E-state index in [0.717, 1.165) is 16.8 Å². The minimum Gasteiger partial charge on any atom is -0.267 e. The van der Waals surface area contributed by atoms with Crippen LogP contribution in [0.3, 0.4) is 0 Å². The van der Waals surface area contributed by atoms with Gasteiger partial charge in [0.05, 0.1) is 5.71 Å². The highest BCUT2D eigenvalue weighted by Gasteiger charge is 2.07. The summed E-state index contributed by atoms with van der Waals surface area (Å²) in [6, 6.07) is 29.1. The van der Waals surface area contributed by atoms with E-state index in [0.29, 0.717) is 12.0 Å². The zero-order chi connectivity index (χ0) is 16.6. The SMILES string of the molecule is O=C(N/N=C(\Cc1ccccc1)c1ccccc1)c1ccccc1. The van der Waals surface area contributed by atoms with Crippen molar-refractivity contribution < 1.29 is 4.79 Å². The predicted molar refractivity (Wildman–Crippen MR) is 97.0 cm³/mol. The van der Waals surface area contributed by atoms with Crippen LogP contribution in [0.15, 0.2) is 96.1 Å². The first-order valence-corrected chi connectivity index (χ1v) is 7.84. The Morgan fingerprint density at radius 1 is 0.708 bits per heavy atom. The molecule has 0 saturated carbocycles. The Balaban J connectivity index is 1.83. The van der Waals surface area contributed by atoms with E-state index in [4.69, 9.17) is 0 Å². The van der Waals surface area contributed by atoms with Gasteiger partial charge >= 0.3 is 0 Å². The molecule has 0 radical (unpaired) electrons. The van der Waals surface area contributed by atoms with Crippen molar-refractivity contribution in [3.63, 3.8) is 0 Å². The maximum atomic E-state index is 12.2. The number of hydrogen-bond acceptors (Lipinski definition) is 2. The molecule has 0 saturated heterocycles. The molecule has 3 aromatic carbocycles. The van der Waals surface area contributed by atoms with E-state index in [-0.39, 0.29) is 5.91 Å². The molecule has 0 heterocycles. The Labute approximate surface area is 141 Å². The standard InChI is InChI=1S/C21H18N2O/c24-21(19-14-8-3-9-15-19)23-22-20(18-12-6-2-7-13-18)16-17-10-4-1-5-11-17/h1-15H,16H2,(H,23,24)/b22-20+. The van der Waals surface area contributed by atoms with E-state index in [1.807, 2.05) is 66.7 Å². The van der Waals surface area contributed by atoms with E-state index in [1.165, 1.54) is 0 Å². The summed E-state index contributed by atoms with van der Waals surface area (Å²) in [5, 5.41) is 4.38. The summed E-state index contributed by atoms with van der Waals surface area (Å²) < 4.78 is 0. The fourth-order valence-electron chi connectivity index (χ4n) is 2.40. The number of rotatable bonds is 5. The third kappa shape index (κ3) is 4.17. The topological polar surface area (TPSA) is 41.5 Å². The molecule has 0 bridgehead atoms. The van der Waals surface area contributed by atoms with Crippen LogP contribution in [0.5, 0.6) is 0 Å². The van der Waals surface area contributed by atoms with Crippen LogP contribution in [-0.2, 0) is 6.42 Å². The van der Waals surface area contributed by atoms with Crippen molar-refractivity contribution >= 4 is 11.6 Å². The molecule has 24 heavy (non-hydrogen) atoms. The van der Waals surface area contributed by atoms with Gasteiger partial charge in [-0.1, -0.05) is 78.9 Å². The number of carbonyl (C=O) groups excluding carboxylic acids is 1. The summed E-state index contributed by atoms with van der Waals surface area (Å²) in [5.74, 6) is -0.211. The van der Waals surface area contributed by atoms with Gasteiger partial charge in [0.1, 0.15) is 0 Å². The molecular weight excluding hydrogens is 296 g/mol. The minimum atomic E-state index is -0.211. The van der Waals surface area contributed by atoms with Crippen molar-refractivity contribution in [3.8, 4) is 0 Å². The van der Waals surface area contributed by atoms with Gasteiger partial charge in [0, 0.05) is 12.0 Å². The summed E-state index contributed by atoms with van der Waals surface area (Å²) in [6.07, 6.45) is 0.653. The fraction of sp³-hybridized carbons (Fsp3) is 0.0476. The van der Waals surface area contributed by atoms with Crippen LogP contribution in [-0.4, -0.2) is 11.6 Å². The zero-order valence-electron chi connectivity index (χ0n) is 13.2.